The number of carbonyl (C=O) groups excluding carboxylic acids is 1. The zero-order chi connectivity index (χ0) is 27.1. The van der Waals surface area contributed by atoms with Crippen molar-refractivity contribution in [1.82, 2.24) is 5.32 Å². The van der Waals surface area contributed by atoms with Gasteiger partial charge in [0.15, 0.2) is 0 Å². The second-order valence-corrected chi connectivity index (χ2v) is 10.6. The van der Waals surface area contributed by atoms with Gasteiger partial charge >= 0.3 is 0 Å². The Kier molecular flexibility index (Phi) is 13.1. The quantitative estimate of drug-likeness (QED) is 0.101. The second-order valence-electron chi connectivity index (χ2n) is 9.18. The number of rotatable bonds is 17. The molecule has 0 saturated heterocycles. The maximum atomic E-state index is 12.2. The lowest BCUT2D eigenvalue weighted by atomic mass is 10.1. The summed E-state index contributed by atoms with van der Waals surface area (Å²) in [5, 5.41) is 30.6. The molecule has 0 bridgehead atoms. The zero-order valence-electron chi connectivity index (χ0n) is 21.5. The van der Waals surface area contributed by atoms with E-state index >= 15 is 0 Å². The highest BCUT2D eigenvalue weighted by Crippen LogP contribution is 2.33. The molecule has 0 aliphatic rings. The predicted molar refractivity (Wildman–Crippen MR) is 143 cm³/mol. The average molecular weight is 534 g/mol. The molecule has 2 aromatic rings. The number of nitrogens with zero attached hydrogens (tertiary/aromatic N) is 2. The van der Waals surface area contributed by atoms with Crippen LogP contribution in [0, 0.1) is 0 Å². The van der Waals surface area contributed by atoms with Gasteiger partial charge in [0.05, 0.1) is 4.90 Å². The highest BCUT2D eigenvalue weighted by Gasteiger charge is 2.13. The van der Waals surface area contributed by atoms with Crippen LogP contribution < -0.4 is 5.32 Å². The Morgan fingerprint density at radius 3 is 1.95 bits per heavy atom. The van der Waals surface area contributed by atoms with Crippen LogP contribution in [0.15, 0.2) is 51.5 Å². The van der Waals surface area contributed by atoms with E-state index in [4.69, 9.17) is 4.55 Å². The van der Waals surface area contributed by atoms with Gasteiger partial charge in [0.25, 0.3) is 10.1 Å². The zero-order valence-corrected chi connectivity index (χ0v) is 22.3. The number of azo groups is 1. The molecule has 0 aromatic heterocycles. The lowest BCUT2D eigenvalue weighted by molar-refractivity contribution is -0.121. The third-order valence-corrected chi connectivity index (χ3v) is 6.89. The first-order valence-electron chi connectivity index (χ1n) is 13.0. The third kappa shape index (κ3) is 11.7. The van der Waals surface area contributed by atoms with Crippen LogP contribution in [0.2, 0.25) is 0 Å². The van der Waals surface area contributed by atoms with Gasteiger partial charge in [-0.05, 0) is 48.7 Å². The minimum Gasteiger partial charge on any atom is -0.506 e. The van der Waals surface area contributed by atoms with E-state index in [1.165, 1.54) is 57.4 Å². The van der Waals surface area contributed by atoms with Crippen molar-refractivity contribution in [2.45, 2.75) is 88.9 Å². The Hall–Kier alpha value is -2.98. The molecule has 2 rings (SSSR count). The molecule has 2 aromatic carbocycles. The van der Waals surface area contributed by atoms with E-state index in [1.54, 1.807) is 12.1 Å². The fourth-order valence-electron chi connectivity index (χ4n) is 3.84. The van der Waals surface area contributed by atoms with Gasteiger partial charge in [-0.3, -0.25) is 9.35 Å². The number of unbranched alkanes of at least 4 members (excludes halogenated alkanes) is 9. The molecule has 0 spiro atoms. The van der Waals surface area contributed by atoms with E-state index in [1.807, 2.05) is 0 Å². The largest absolute Gasteiger partial charge is 0.506 e. The molecular weight excluding hydrogens is 494 g/mol. The molecule has 0 atom stereocenters. The van der Waals surface area contributed by atoms with E-state index in [0.29, 0.717) is 13.0 Å². The van der Waals surface area contributed by atoms with E-state index in [0.717, 1.165) is 36.6 Å². The maximum Gasteiger partial charge on any atom is 0.294 e. The fourth-order valence-corrected chi connectivity index (χ4v) is 4.34. The van der Waals surface area contributed by atoms with E-state index < -0.39 is 15.0 Å². The van der Waals surface area contributed by atoms with E-state index in [2.05, 4.69) is 22.5 Å². The molecule has 37 heavy (non-hydrogen) atoms. The first kappa shape index (κ1) is 30.2. The molecule has 204 valence electrons. The van der Waals surface area contributed by atoms with Gasteiger partial charge in [-0.25, -0.2) is 0 Å². The molecule has 4 N–H and O–H groups in total. The summed E-state index contributed by atoms with van der Waals surface area (Å²) < 4.78 is 31.8. The number of amides is 1. The Bertz CT molecular complexity index is 1130. The summed E-state index contributed by atoms with van der Waals surface area (Å²) in [5.74, 6) is -0.548. The summed E-state index contributed by atoms with van der Waals surface area (Å²) in [6.45, 7) is 2.89. The van der Waals surface area contributed by atoms with Crippen molar-refractivity contribution in [2.24, 2.45) is 10.2 Å². The third-order valence-electron chi connectivity index (χ3n) is 6.04. The first-order valence-corrected chi connectivity index (χ1v) is 14.5. The highest BCUT2D eigenvalue weighted by molar-refractivity contribution is 7.85. The minimum atomic E-state index is -4.47. The van der Waals surface area contributed by atoms with Crippen molar-refractivity contribution in [1.29, 1.82) is 0 Å². The summed E-state index contributed by atoms with van der Waals surface area (Å²) in [5.41, 5.74) is 0.669. The van der Waals surface area contributed by atoms with Crippen molar-refractivity contribution in [3.63, 3.8) is 0 Å². The van der Waals surface area contributed by atoms with Gasteiger partial charge in [-0.1, -0.05) is 70.8 Å². The summed E-state index contributed by atoms with van der Waals surface area (Å²) in [4.78, 5) is 11.7. The minimum absolute atomic E-state index is 0.0425. The Morgan fingerprint density at radius 2 is 1.35 bits per heavy atom. The first-order chi connectivity index (χ1) is 17.7. The number of hydrogen-bond donors (Lipinski definition) is 4. The summed E-state index contributed by atoms with van der Waals surface area (Å²) in [6, 6.07) is 7.75. The maximum absolute atomic E-state index is 12.2. The summed E-state index contributed by atoms with van der Waals surface area (Å²) in [6.07, 6.45) is 13.2. The van der Waals surface area contributed by atoms with Gasteiger partial charge in [0.2, 0.25) is 5.91 Å². The van der Waals surface area contributed by atoms with Crippen LogP contribution in [0.5, 0.6) is 11.5 Å². The molecule has 10 heteroatoms. The van der Waals surface area contributed by atoms with Crippen LogP contribution in [0.3, 0.4) is 0 Å². The van der Waals surface area contributed by atoms with Gasteiger partial charge in [0.1, 0.15) is 22.9 Å². The smallest absolute Gasteiger partial charge is 0.294 e. The molecule has 0 aliphatic heterocycles. The van der Waals surface area contributed by atoms with Crippen molar-refractivity contribution >= 4 is 27.4 Å². The Labute approximate surface area is 219 Å². The monoisotopic (exact) mass is 533 g/mol. The molecule has 0 heterocycles. The lowest BCUT2D eigenvalue weighted by Gasteiger charge is -2.07. The number of phenolic OH excluding ortho intramolecular Hbond substituents is 2. The van der Waals surface area contributed by atoms with Crippen LogP contribution in [0.4, 0.5) is 11.4 Å². The number of phenols is 2. The number of nitrogens with one attached hydrogen (secondary N) is 1. The predicted octanol–water partition coefficient (Wildman–Crippen LogP) is 6.73. The number of hydrogen-bond acceptors (Lipinski definition) is 7. The van der Waals surface area contributed by atoms with Gasteiger partial charge in [-0.15, -0.1) is 10.2 Å². The SMILES string of the molecule is CCCCCCCCCCCCNC(=O)CCc1ccc(O)c(N=Nc2cc(S(=O)(=O)O)ccc2O)c1. The number of benzene rings is 2. The van der Waals surface area contributed by atoms with Crippen molar-refractivity contribution in [2.75, 3.05) is 6.54 Å². The normalized spacial score (nSPS) is 11.7. The molecule has 9 nitrogen and oxygen atoms in total. The molecule has 0 radical (unpaired) electrons. The number of carbonyl (C=O) groups is 1. The highest BCUT2D eigenvalue weighted by atomic mass is 32.2. The van der Waals surface area contributed by atoms with Gasteiger partial charge in [-0.2, -0.15) is 8.42 Å². The average Bonchev–Trinajstić information content (AvgIpc) is 2.86. The van der Waals surface area contributed by atoms with Crippen LogP contribution in [0.25, 0.3) is 0 Å². The van der Waals surface area contributed by atoms with Gasteiger partial charge < -0.3 is 15.5 Å². The summed E-state index contributed by atoms with van der Waals surface area (Å²) >= 11 is 0. The van der Waals surface area contributed by atoms with Crippen molar-refractivity contribution in [3.05, 3.63) is 42.0 Å². The molecule has 1 amide bonds. The van der Waals surface area contributed by atoms with Crippen LogP contribution in [-0.4, -0.2) is 35.6 Å². The lowest BCUT2D eigenvalue weighted by Crippen LogP contribution is -2.24. The van der Waals surface area contributed by atoms with Gasteiger partial charge in [0, 0.05) is 13.0 Å². The van der Waals surface area contributed by atoms with Crippen LogP contribution >= 0.6 is 0 Å². The molecule has 0 saturated carbocycles. The number of aromatic hydroxyl groups is 2. The second kappa shape index (κ2) is 16.0. The van der Waals surface area contributed by atoms with E-state index in [-0.39, 0.29) is 35.2 Å². The van der Waals surface area contributed by atoms with E-state index in [9.17, 15) is 23.4 Å². The molecule has 0 fully saturated rings. The van der Waals surface area contributed by atoms with Crippen molar-refractivity contribution < 1.29 is 28.0 Å². The van der Waals surface area contributed by atoms with Crippen molar-refractivity contribution in [3.8, 4) is 11.5 Å². The van der Waals surface area contributed by atoms with Crippen LogP contribution in [-0.2, 0) is 21.3 Å². The Balaban J connectivity index is 1.75. The number of aryl methyl sites for hydroxylation is 1. The molecular formula is C27H39N3O6S. The standard InChI is InChI=1S/C27H39N3O6S/c1-2-3-4-5-6-7-8-9-10-11-18-28-27(33)17-13-21-12-15-25(31)23(19-21)29-30-24-20-22(37(34,35)36)14-16-26(24)32/h12,14-16,19-20,31-32H,2-11,13,17-18H2,1H3,(H,28,33)(H,34,35,36). The molecule has 0 unspecified atom stereocenters. The summed E-state index contributed by atoms with van der Waals surface area (Å²) in [7, 11) is -4.47. The Morgan fingerprint density at radius 1 is 0.811 bits per heavy atom. The molecule has 0 aliphatic carbocycles. The van der Waals surface area contributed by atoms with Crippen LogP contribution in [0.1, 0.15) is 83.1 Å². The topological polar surface area (TPSA) is 149 Å². The fraction of sp³-hybridized carbons (Fsp3) is 0.519.